The summed E-state index contributed by atoms with van der Waals surface area (Å²) < 4.78 is 48.4. The highest BCUT2D eigenvalue weighted by atomic mass is 19.4. The highest BCUT2D eigenvalue weighted by Crippen LogP contribution is 2.31. The number of benzene rings is 2. The molecule has 0 amide bonds. The monoisotopic (exact) mass is 339 g/mol. The van der Waals surface area contributed by atoms with Crippen molar-refractivity contribution in [2.24, 2.45) is 0 Å². The largest absolute Gasteiger partial charge is 0.493 e. The first kappa shape index (κ1) is 18.0. The minimum absolute atomic E-state index is 0.567. The second kappa shape index (κ2) is 7.47. The van der Waals surface area contributed by atoms with Crippen LogP contribution in [0, 0.1) is 6.92 Å². The maximum Gasteiger partial charge on any atom is 0.416 e. The Labute approximate surface area is 139 Å². The van der Waals surface area contributed by atoms with E-state index in [2.05, 4.69) is 5.32 Å². The van der Waals surface area contributed by atoms with Crippen molar-refractivity contribution in [3.05, 3.63) is 53.1 Å². The fraction of sp³-hybridized carbons (Fsp3) is 0.333. The van der Waals surface area contributed by atoms with Crippen molar-refractivity contribution in [2.45, 2.75) is 19.5 Å². The van der Waals surface area contributed by atoms with Gasteiger partial charge < -0.3 is 14.8 Å². The van der Waals surface area contributed by atoms with Crippen LogP contribution in [0.15, 0.2) is 36.4 Å². The molecule has 0 saturated heterocycles. The fourth-order valence-electron chi connectivity index (χ4n) is 2.42. The molecule has 0 bridgehead atoms. The molecule has 0 heterocycles. The average molecular weight is 339 g/mol. The number of nitrogens with one attached hydrogen (secondary N) is 1. The van der Waals surface area contributed by atoms with Crippen LogP contribution in [0.1, 0.15) is 16.7 Å². The molecule has 24 heavy (non-hydrogen) atoms. The average Bonchev–Trinajstić information content (AvgIpc) is 2.55. The Morgan fingerprint density at radius 3 is 2.25 bits per heavy atom. The van der Waals surface area contributed by atoms with Gasteiger partial charge in [0.05, 0.1) is 19.8 Å². The Hall–Kier alpha value is -2.37. The topological polar surface area (TPSA) is 30.5 Å². The molecule has 0 aromatic heterocycles. The molecule has 0 radical (unpaired) electrons. The van der Waals surface area contributed by atoms with Gasteiger partial charge in [0.2, 0.25) is 0 Å². The lowest BCUT2D eigenvalue weighted by atomic mass is 10.1. The first-order valence-corrected chi connectivity index (χ1v) is 7.47. The van der Waals surface area contributed by atoms with E-state index < -0.39 is 11.7 Å². The molecular formula is C18H20F3NO2. The third-order valence-corrected chi connectivity index (χ3v) is 3.73. The van der Waals surface area contributed by atoms with Crippen molar-refractivity contribution in [3.8, 4) is 11.5 Å². The van der Waals surface area contributed by atoms with Crippen LogP contribution in [0.5, 0.6) is 11.5 Å². The molecule has 0 fully saturated rings. The molecule has 2 aromatic carbocycles. The number of alkyl halides is 3. The molecule has 0 spiro atoms. The van der Waals surface area contributed by atoms with Crippen molar-refractivity contribution in [3.63, 3.8) is 0 Å². The SMILES string of the molecule is COc1ccc(CCNc2ccc(C(F)(F)F)cc2C)cc1OC. The molecule has 1 N–H and O–H groups in total. The van der Waals surface area contributed by atoms with Gasteiger partial charge in [0.25, 0.3) is 0 Å². The molecule has 2 rings (SSSR count). The molecule has 0 aliphatic heterocycles. The summed E-state index contributed by atoms with van der Waals surface area (Å²) in [6, 6.07) is 9.36. The summed E-state index contributed by atoms with van der Waals surface area (Å²) in [5.41, 5.74) is 1.68. The quantitative estimate of drug-likeness (QED) is 0.828. The maximum atomic E-state index is 12.7. The van der Waals surface area contributed by atoms with Crippen LogP contribution in [0.2, 0.25) is 0 Å². The molecule has 0 aliphatic rings. The Morgan fingerprint density at radius 1 is 0.958 bits per heavy atom. The summed E-state index contributed by atoms with van der Waals surface area (Å²) in [6.07, 6.45) is -3.61. The zero-order valence-corrected chi connectivity index (χ0v) is 13.8. The van der Waals surface area contributed by atoms with Crippen LogP contribution >= 0.6 is 0 Å². The van der Waals surface area contributed by atoms with Crippen molar-refractivity contribution in [2.75, 3.05) is 26.1 Å². The number of anilines is 1. The summed E-state index contributed by atoms with van der Waals surface area (Å²) >= 11 is 0. The molecular weight excluding hydrogens is 319 g/mol. The minimum Gasteiger partial charge on any atom is -0.493 e. The van der Waals surface area contributed by atoms with E-state index in [1.165, 1.54) is 6.07 Å². The Balaban J connectivity index is 1.99. The number of hydrogen-bond donors (Lipinski definition) is 1. The van der Waals surface area contributed by atoms with E-state index >= 15 is 0 Å². The van der Waals surface area contributed by atoms with Gasteiger partial charge in [0.15, 0.2) is 11.5 Å². The van der Waals surface area contributed by atoms with Crippen LogP contribution in [-0.2, 0) is 12.6 Å². The van der Waals surface area contributed by atoms with Gasteiger partial charge in [-0.15, -0.1) is 0 Å². The minimum atomic E-state index is -4.32. The number of methoxy groups -OCH3 is 2. The zero-order valence-electron chi connectivity index (χ0n) is 13.8. The van der Waals surface area contributed by atoms with Crippen LogP contribution in [0.25, 0.3) is 0 Å². The smallest absolute Gasteiger partial charge is 0.416 e. The lowest BCUT2D eigenvalue weighted by Crippen LogP contribution is -2.09. The molecule has 130 valence electrons. The van der Waals surface area contributed by atoms with Crippen LogP contribution in [0.3, 0.4) is 0 Å². The van der Waals surface area contributed by atoms with Gasteiger partial charge in [-0.3, -0.25) is 0 Å². The number of halogens is 3. The van der Waals surface area contributed by atoms with Crippen molar-refractivity contribution >= 4 is 5.69 Å². The van der Waals surface area contributed by atoms with E-state index in [4.69, 9.17) is 9.47 Å². The van der Waals surface area contributed by atoms with Gasteiger partial charge in [0.1, 0.15) is 0 Å². The number of ether oxygens (including phenoxy) is 2. The van der Waals surface area contributed by atoms with Gasteiger partial charge in [-0.05, 0) is 54.8 Å². The van der Waals surface area contributed by atoms with E-state index in [1.807, 2.05) is 18.2 Å². The third kappa shape index (κ3) is 4.34. The van der Waals surface area contributed by atoms with Gasteiger partial charge in [-0.1, -0.05) is 6.07 Å². The Bertz CT molecular complexity index is 699. The normalized spacial score (nSPS) is 11.2. The summed E-state index contributed by atoms with van der Waals surface area (Å²) in [4.78, 5) is 0. The van der Waals surface area contributed by atoms with E-state index in [-0.39, 0.29) is 0 Å². The molecule has 0 saturated carbocycles. The van der Waals surface area contributed by atoms with Crippen LogP contribution in [0.4, 0.5) is 18.9 Å². The molecule has 0 aliphatic carbocycles. The fourth-order valence-corrected chi connectivity index (χ4v) is 2.42. The summed E-state index contributed by atoms with van der Waals surface area (Å²) in [7, 11) is 3.15. The summed E-state index contributed by atoms with van der Waals surface area (Å²) in [6.45, 7) is 2.26. The van der Waals surface area contributed by atoms with Crippen molar-refractivity contribution < 1.29 is 22.6 Å². The predicted molar refractivity (Wildman–Crippen MR) is 87.9 cm³/mol. The molecule has 3 nitrogen and oxygen atoms in total. The van der Waals surface area contributed by atoms with Crippen LogP contribution < -0.4 is 14.8 Å². The molecule has 2 aromatic rings. The molecule has 0 atom stereocenters. The Morgan fingerprint density at radius 2 is 1.67 bits per heavy atom. The lowest BCUT2D eigenvalue weighted by molar-refractivity contribution is -0.137. The van der Waals surface area contributed by atoms with Crippen molar-refractivity contribution in [1.29, 1.82) is 0 Å². The third-order valence-electron chi connectivity index (χ3n) is 3.73. The molecule has 6 heteroatoms. The van der Waals surface area contributed by atoms with Gasteiger partial charge in [-0.2, -0.15) is 13.2 Å². The van der Waals surface area contributed by atoms with Gasteiger partial charge in [0, 0.05) is 12.2 Å². The number of hydrogen-bond acceptors (Lipinski definition) is 3. The summed E-state index contributed by atoms with van der Waals surface area (Å²) in [5, 5.41) is 3.17. The van der Waals surface area contributed by atoms with Crippen LogP contribution in [-0.4, -0.2) is 20.8 Å². The van der Waals surface area contributed by atoms with Gasteiger partial charge in [-0.25, -0.2) is 0 Å². The number of rotatable bonds is 6. The highest BCUT2D eigenvalue weighted by molar-refractivity contribution is 5.52. The number of aryl methyl sites for hydroxylation is 1. The highest BCUT2D eigenvalue weighted by Gasteiger charge is 2.30. The molecule has 0 unspecified atom stereocenters. The lowest BCUT2D eigenvalue weighted by Gasteiger charge is -2.13. The van der Waals surface area contributed by atoms with E-state index in [1.54, 1.807) is 21.1 Å². The summed E-state index contributed by atoms with van der Waals surface area (Å²) in [5.74, 6) is 1.31. The van der Waals surface area contributed by atoms with Gasteiger partial charge >= 0.3 is 6.18 Å². The second-order valence-electron chi connectivity index (χ2n) is 5.39. The Kier molecular flexibility index (Phi) is 5.59. The zero-order chi connectivity index (χ0) is 17.7. The maximum absolute atomic E-state index is 12.7. The predicted octanol–water partition coefficient (Wildman–Crippen LogP) is 4.69. The van der Waals surface area contributed by atoms with Crippen molar-refractivity contribution in [1.82, 2.24) is 0 Å². The first-order chi connectivity index (χ1) is 11.3. The second-order valence-corrected chi connectivity index (χ2v) is 5.39. The standard InChI is InChI=1S/C18H20F3NO2/c1-12-10-14(18(19,20)21)5-6-15(12)22-9-8-13-4-7-16(23-2)17(11-13)24-3/h4-7,10-11,22H,8-9H2,1-3H3. The van der Waals surface area contributed by atoms with E-state index in [9.17, 15) is 13.2 Å². The first-order valence-electron chi connectivity index (χ1n) is 7.47. The van der Waals surface area contributed by atoms with E-state index in [0.717, 1.165) is 17.7 Å². The van der Waals surface area contributed by atoms with E-state index in [0.29, 0.717) is 35.7 Å².